The van der Waals surface area contributed by atoms with Crippen LogP contribution in [0.5, 0.6) is 0 Å². The maximum atomic E-state index is 12.9. The Hall–Kier alpha value is -3.80. The molecule has 1 amide bonds. The molecule has 2 heterocycles. The lowest BCUT2D eigenvalue weighted by Gasteiger charge is -2.17. The van der Waals surface area contributed by atoms with Gasteiger partial charge in [-0.3, -0.25) is 4.79 Å². The lowest BCUT2D eigenvalue weighted by molar-refractivity contribution is 0.0783. The summed E-state index contributed by atoms with van der Waals surface area (Å²) in [5.41, 5.74) is 4.02. The molecule has 0 saturated heterocycles. The van der Waals surface area contributed by atoms with Gasteiger partial charge < -0.3 is 4.90 Å². The van der Waals surface area contributed by atoms with Gasteiger partial charge in [-0.25, -0.2) is 14.6 Å². The highest BCUT2D eigenvalue weighted by molar-refractivity contribution is 5.94. The Kier molecular flexibility index (Phi) is 5.16. The number of hydrogen-bond acceptors (Lipinski definition) is 4. The molecular formula is C23H21N5O. The highest BCUT2D eigenvalue weighted by atomic mass is 16.2. The Bertz CT molecular complexity index is 1120. The molecule has 4 aromatic rings. The van der Waals surface area contributed by atoms with Crippen LogP contribution in [0, 0.1) is 6.92 Å². The van der Waals surface area contributed by atoms with Gasteiger partial charge in [0.15, 0.2) is 5.82 Å². The quantitative estimate of drug-likeness (QED) is 0.524. The molecule has 0 saturated carbocycles. The second-order valence-corrected chi connectivity index (χ2v) is 6.85. The second kappa shape index (κ2) is 8.06. The third kappa shape index (κ3) is 4.06. The van der Waals surface area contributed by atoms with E-state index in [0.717, 1.165) is 16.8 Å². The van der Waals surface area contributed by atoms with Crippen molar-refractivity contribution in [3.63, 3.8) is 0 Å². The first-order chi connectivity index (χ1) is 14.1. The predicted molar refractivity (Wildman–Crippen MR) is 112 cm³/mol. The van der Waals surface area contributed by atoms with Crippen molar-refractivity contribution in [3.8, 4) is 17.1 Å². The summed E-state index contributed by atoms with van der Waals surface area (Å²) in [4.78, 5) is 23.5. The fourth-order valence-corrected chi connectivity index (χ4v) is 3.12. The summed E-state index contributed by atoms with van der Waals surface area (Å²) in [5, 5.41) is 4.39. The minimum atomic E-state index is -0.116. The van der Waals surface area contributed by atoms with E-state index in [2.05, 4.69) is 15.1 Å². The molecule has 0 unspecified atom stereocenters. The maximum Gasteiger partial charge on any atom is 0.257 e. The van der Waals surface area contributed by atoms with Crippen LogP contribution in [0.15, 0.2) is 79.3 Å². The number of carbonyl (C=O) groups excluding carboxylic acids is 1. The lowest BCUT2D eigenvalue weighted by atomic mass is 10.1. The number of nitrogens with zero attached hydrogens (tertiary/aromatic N) is 5. The average molecular weight is 383 g/mol. The molecule has 0 aliphatic heterocycles. The standard InChI is InChI=1S/C23H21N5O/c1-17-21(14-24-22(26-17)19-9-5-3-6-10-19)23(29)27(2)15-18-13-25-28(16-18)20-11-7-4-8-12-20/h3-14,16H,15H2,1-2H3. The van der Waals surface area contributed by atoms with Gasteiger partial charge in [-0.15, -0.1) is 0 Å². The van der Waals surface area contributed by atoms with E-state index in [-0.39, 0.29) is 5.91 Å². The molecule has 144 valence electrons. The topological polar surface area (TPSA) is 63.9 Å². The molecule has 0 fully saturated rings. The summed E-state index contributed by atoms with van der Waals surface area (Å²) in [7, 11) is 1.77. The predicted octanol–water partition coefficient (Wildman–Crippen LogP) is 3.91. The van der Waals surface area contributed by atoms with E-state index in [1.54, 1.807) is 29.0 Å². The summed E-state index contributed by atoms with van der Waals surface area (Å²) in [6.45, 7) is 2.29. The van der Waals surface area contributed by atoms with E-state index in [4.69, 9.17) is 0 Å². The monoisotopic (exact) mass is 383 g/mol. The van der Waals surface area contributed by atoms with E-state index in [1.165, 1.54) is 0 Å². The summed E-state index contributed by atoms with van der Waals surface area (Å²) in [6, 6.07) is 19.6. The highest BCUT2D eigenvalue weighted by Gasteiger charge is 2.17. The van der Waals surface area contributed by atoms with Crippen LogP contribution in [-0.2, 0) is 6.54 Å². The Labute approximate surface area is 169 Å². The smallest absolute Gasteiger partial charge is 0.257 e. The van der Waals surface area contributed by atoms with Gasteiger partial charge in [-0.05, 0) is 19.1 Å². The van der Waals surface area contributed by atoms with Crippen molar-refractivity contribution in [2.75, 3.05) is 7.05 Å². The van der Waals surface area contributed by atoms with Crippen LogP contribution >= 0.6 is 0 Å². The summed E-state index contributed by atoms with van der Waals surface area (Å²) < 4.78 is 1.80. The number of rotatable bonds is 5. The molecule has 6 heteroatoms. The Morgan fingerprint density at radius 2 is 1.69 bits per heavy atom. The zero-order valence-corrected chi connectivity index (χ0v) is 16.4. The molecule has 6 nitrogen and oxygen atoms in total. The molecular weight excluding hydrogens is 362 g/mol. The lowest BCUT2D eigenvalue weighted by Crippen LogP contribution is -2.27. The third-order valence-corrected chi connectivity index (χ3v) is 4.66. The largest absolute Gasteiger partial charge is 0.337 e. The molecule has 0 spiro atoms. The molecule has 0 N–H and O–H groups in total. The van der Waals surface area contributed by atoms with Crippen LogP contribution in [0.1, 0.15) is 21.6 Å². The average Bonchev–Trinajstić information content (AvgIpc) is 3.23. The molecule has 29 heavy (non-hydrogen) atoms. The number of hydrogen-bond donors (Lipinski definition) is 0. The van der Waals surface area contributed by atoms with Crippen LogP contribution in [0.4, 0.5) is 0 Å². The van der Waals surface area contributed by atoms with Crippen LogP contribution in [0.25, 0.3) is 17.1 Å². The Morgan fingerprint density at radius 1 is 1.00 bits per heavy atom. The SMILES string of the molecule is Cc1nc(-c2ccccc2)ncc1C(=O)N(C)Cc1cnn(-c2ccccc2)c1. The van der Waals surface area contributed by atoms with Gasteiger partial charge >= 0.3 is 0 Å². The normalized spacial score (nSPS) is 10.7. The van der Waals surface area contributed by atoms with Crippen molar-refractivity contribution in [2.45, 2.75) is 13.5 Å². The molecule has 2 aromatic carbocycles. The van der Waals surface area contributed by atoms with E-state index in [9.17, 15) is 4.79 Å². The summed E-state index contributed by atoms with van der Waals surface area (Å²) >= 11 is 0. The van der Waals surface area contributed by atoms with Gasteiger partial charge in [0.05, 0.1) is 23.1 Å². The van der Waals surface area contributed by atoms with Gasteiger partial charge in [-0.2, -0.15) is 5.10 Å². The van der Waals surface area contributed by atoms with Crippen LogP contribution in [0.2, 0.25) is 0 Å². The first-order valence-corrected chi connectivity index (χ1v) is 9.35. The fourth-order valence-electron chi connectivity index (χ4n) is 3.12. The van der Waals surface area contributed by atoms with E-state index < -0.39 is 0 Å². The summed E-state index contributed by atoms with van der Waals surface area (Å²) in [6.07, 6.45) is 5.32. The van der Waals surface area contributed by atoms with Crippen LogP contribution in [0.3, 0.4) is 0 Å². The van der Waals surface area contributed by atoms with Crippen molar-refractivity contribution in [2.24, 2.45) is 0 Å². The molecule has 0 atom stereocenters. The van der Waals surface area contributed by atoms with Gasteiger partial charge in [0.1, 0.15) is 0 Å². The number of aromatic nitrogens is 4. The molecule has 0 aliphatic rings. The number of carbonyl (C=O) groups is 1. The summed E-state index contributed by atoms with van der Waals surface area (Å²) in [5.74, 6) is 0.501. The van der Waals surface area contributed by atoms with E-state index >= 15 is 0 Å². The second-order valence-electron chi connectivity index (χ2n) is 6.85. The van der Waals surface area contributed by atoms with Crippen LogP contribution < -0.4 is 0 Å². The first kappa shape index (κ1) is 18.6. The van der Waals surface area contributed by atoms with Crippen molar-refractivity contribution >= 4 is 5.91 Å². The minimum absolute atomic E-state index is 0.116. The highest BCUT2D eigenvalue weighted by Crippen LogP contribution is 2.17. The third-order valence-electron chi connectivity index (χ3n) is 4.66. The Balaban J connectivity index is 1.49. The number of benzene rings is 2. The number of aryl methyl sites for hydroxylation is 1. The number of para-hydroxylation sites is 1. The zero-order chi connectivity index (χ0) is 20.2. The van der Waals surface area contributed by atoms with Gasteiger partial charge in [0.2, 0.25) is 0 Å². The minimum Gasteiger partial charge on any atom is -0.337 e. The van der Waals surface area contributed by atoms with E-state index in [1.807, 2.05) is 73.8 Å². The van der Waals surface area contributed by atoms with E-state index in [0.29, 0.717) is 23.6 Å². The zero-order valence-electron chi connectivity index (χ0n) is 16.4. The molecule has 2 aromatic heterocycles. The molecule has 4 rings (SSSR count). The van der Waals surface area contributed by atoms with Gasteiger partial charge in [0, 0.05) is 37.1 Å². The maximum absolute atomic E-state index is 12.9. The Morgan fingerprint density at radius 3 is 2.38 bits per heavy atom. The molecule has 0 bridgehead atoms. The fraction of sp³-hybridized carbons (Fsp3) is 0.130. The van der Waals surface area contributed by atoms with Crippen LogP contribution in [-0.4, -0.2) is 37.6 Å². The van der Waals surface area contributed by atoms with Crippen molar-refractivity contribution in [1.29, 1.82) is 0 Å². The first-order valence-electron chi connectivity index (χ1n) is 9.35. The number of amides is 1. The van der Waals surface area contributed by atoms with Crippen molar-refractivity contribution in [3.05, 3.63) is 96.1 Å². The van der Waals surface area contributed by atoms with Crippen molar-refractivity contribution < 1.29 is 4.79 Å². The van der Waals surface area contributed by atoms with Gasteiger partial charge in [0.25, 0.3) is 5.91 Å². The molecule has 0 aliphatic carbocycles. The molecule has 0 radical (unpaired) electrons. The van der Waals surface area contributed by atoms with Crippen molar-refractivity contribution in [1.82, 2.24) is 24.6 Å². The van der Waals surface area contributed by atoms with Gasteiger partial charge in [-0.1, -0.05) is 48.5 Å².